The zero-order chi connectivity index (χ0) is 12.0. The van der Waals surface area contributed by atoms with Gasteiger partial charge in [-0.15, -0.1) is 0 Å². The standard InChI is InChI=1S/C11H15Br2NOS/c1-2-16(15)6-5-14-8-9-3-4-10(12)11(13)7-9/h3-4,7,14H,2,5-6,8H2,1H3. The fourth-order valence-corrected chi connectivity index (χ4v) is 2.55. The third-order valence-corrected chi connectivity index (χ3v) is 5.32. The van der Waals surface area contributed by atoms with Crippen LogP contribution in [0.3, 0.4) is 0 Å². The maximum absolute atomic E-state index is 11.2. The van der Waals surface area contributed by atoms with E-state index in [1.54, 1.807) is 0 Å². The Bertz CT molecular complexity index is 371. The van der Waals surface area contributed by atoms with Gasteiger partial charge in [0.25, 0.3) is 0 Å². The first kappa shape index (κ1) is 14.4. The summed E-state index contributed by atoms with van der Waals surface area (Å²) in [7, 11) is -0.672. The molecule has 90 valence electrons. The second-order valence-corrected chi connectivity index (χ2v) is 6.93. The predicted molar refractivity (Wildman–Crippen MR) is 77.1 cm³/mol. The zero-order valence-corrected chi connectivity index (χ0v) is 13.1. The fraction of sp³-hybridized carbons (Fsp3) is 0.455. The lowest BCUT2D eigenvalue weighted by molar-refractivity contribution is 0.674. The highest BCUT2D eigenvalue weighted by Gasteiger charge is 1.99. The first-order valence-electron chi connectivity index (χ1n) is 5.13. The van der Waals surface area contributed by atoms with Crippen LogP contribution >= 0.6 is 31.9 Å². The van der Waals surface area contributed by atoms with Crippen LogP contribution in [-0.4, -0.2) is 22.3 Å². The Labute approximate surface area is 116 Å². The summed E-state index contributed by atoms with van der Waals surface area (Å²) in [4.78, 5) is 0. The molecular weight excluding hydrogens is 354 g/mol. The first-order valence-corrected chi connectivity index (χ1v) is 8.20. The van der Waals surface area contributed by atoms with E-state index in [-0.39, 0.29) is 0 Å². The molecule has 2 nitrogen and oxygen atoms in total. The second-order valence-electron chi connectivity index (χ2n) is 3.36. The maximum Gasteiger partial charge on any atom is 0.0360 e. The van der Waals surface area contributed by atoms with Gasteiger partial charge in [-0.1, -0.05) is 13.0 Å². The third kappa shape index (κ3) is 5.08. The summed E-state index contributed by atoms with van der Waals surface area (Å²) < 4.78 is 13.3. The van der Waals surface area contributed by atoms with Crippen LogP contribution in [0.15, 0.2) is 27.1 Å². The molecule has 0 saturated carbocycles. The molecule has 1 atom stereocenters. The van der Waals surface area contributed by atoms with Gasteiger partial charge < -0.3 is 5.32 Å². The van der Waals surface area contributed by atoms with E-state index < -0.39 is 10.8 Å². The van der Waals surface area contributed by atoms with Crippen LogP contribution in [0.2, 0.25) is 0 Å². The van der Waals surface area contributed by atoms with E-state index in [0.29, 0.717) is 0 Å². The number of halogens is 2. The molecule has 0 bridgehead atoms. The molecule has 0 spiro atoms. The fourth-order valence-electron chi connectivity index (χ4n) is 1.21. The van der Waals surface area contributed by atoms with Crippen LogP contribution in [0.1, 0.15) is 12.5 Å². The van der Waals surface area contributed by atoms with E-state index in [2.05, 4.69) is 49.3 Å². The van der Waals surface area contributed by atoms with Gasteiger partial charge in [0.2, 0.25) is 0 Å². The summed E-state index contributed by atoms with van der Waals surface area (Å²) in [5.41, 5.74) is 1.22. The van der Waals surface area contributed by atoms with E-state index >= 15 is 0 Å². The molecule has 0 aliphatic carbocycles. The number of nitrogens with one attached hydrogen (secondary N) is 1. The summed E-state index contributed by atoms with van der Waals surface area (Å²) >= 11 is 6.90. The Morgan fingerprint density at radius 2 is 2.06 bits per heavy atom. The third-order valence-electron chi connectivity index (χ3n) is 2.14. The van der Waals surface area contributed by atoms with Gasteiger partial charge in [-0.2, -0.15) is 0 Å². The average Bonchev–Trinajstić information content (AvgIpc) is 2.28. The maximum atomic E-state index is 11.2. The highest BCUT2D eigenvalue weighted by molar-refractivity contribution is 9.13. The van der Waals surface area contributed by atoms with Crippen molar-refractivity contribution in [2.45, 2.75) is 13.5 Å². The number of benzene rings is 1. The first-order chi connectivity index (χ1) is 7.63. The number of hydrogen-bond donors (Lipinski definition) is 1. The van der Waals surface area contributed by atoms with Crippen molar-refractivity contribution >= 4 is 42.7 Å². The van der Waals surface area contributed by atoms with Gasteiger partial charge in [-0.05, 0) is 49.6 Å². The van der Waals surface area contributed by atoms with Gasteiger partial charge >= 0.3 is 0 Å². The molecule has 16 heavy (non-hydrogen) atoms. The van der Waals surface area contributed by atoms with Crippen molar-refractivity contribution in [2.24, 2.45) is 0 Å². The quantitative estimate of drug-likeness (QED) is 0.782. The molecule has 0 aromatic heterocycles. The molecule has 1 unspecified atom stereocenters. The van der Waals surface area contributed by atoms with Crippen LogP contribution in [0.4, 0.5) is 0 Å². The summed E-state index contributed by atoms with van der Waals surface area (Å²) in [6, 6.07) is 6.16. The van der Waals surface area contributed by atoms with Crippen molar-refractivity contribution in [3.63, 3.8) is 0 Å². The molecule has 0 amide bonds. The van der Waals surface area contributed by atoms with E-state index in [0.717, 1.165) is 33.5 Å². The van der Waals surface area contributed by atoms with E-state index in [1.807, 2.05) is 13.0 Å². The summed E-state index contributed by atoms with van der Waals surface area (Å²) in [6.07, 6.45) is 0. The molecular formula is C11H15Br2NOS. The SMILES string of the molecule is CCS(=O)CCNCc1ccc(Br)c(Br)c1. The van der Waals surface area contributed by atoms with E-state index in [4.69, 9.17) is 0 Å². The van der Waals surface area contributed by atoms with Gasteiger partial charge in [0.1, 0.15) is 0 Å². The van der Waals surface area contributed by atoms with Crippen molar-refractivity contribution in [1.29, 1.82) is 0 Å². The highest BCUT2D eigenvalue weighted by Crippen LogP contribution is 2.23. The Kier molecular flexibility index (Phi) is 6.80. The molecule has 0 radical (unpaired) electrons. The van der Waals surface area contributed by atoms with Crippen LogP contribution in [0, 0.1) is 0 Å². The van der Waals surface area contributed by atoms with Crippen LogP contribution in [0.25, 0.3) is 0 Å². The van der Waals surface area contributed by atoms with E-state index in [1.165, 1.54) is 5.56 Å². The van der Waals surface area contributed by atoms with Crippen LogP contribution < -0.4 is 5.32 Å². The van der Waals surface area contributed by atoms with Gasteiger partial charge in [-0.25, -0.2) is 0 Å². The lowest BCUT2D eigenvalue weighted by Gasteiger charge is -2.05. The van der Waals surface area contributed by atoms with Gasteiger partial charge in [0.05, 0.1) is 0 Å². The molecule has 1 N–H and O–H groups in total. The molecule has 1 aromatic rings. The van der Waals surface area contributed by atoms with Gasteiger partial charge in [-0.3, -0.25) is 4.21 Å². The molecule has 0 fully saturated rings. The van der Waals surface area contributed by atoms with E-state index in [9.17, 15) is 4.21 Å². The average molecular weight is 369 g/mol. The molecule has 1 aromatic carbocycles. The number of rotatable bonds is 6. The lowest BCUT2D eigenvalue weighted by atomic mass is 10.2. The van der Waals surface area contributed by atoms with Crippen molar-refractivity contribution < 1.29 is 4.21 Å². The largest absolute Gasteiger partial charge is 0.312 e. The second kappa shape index (κ2) is 7.58. The summed E-state index contributed by atoms with van der Waals surface area (Å²) in [5, 5.41) is 3.28. The normalized spacial score (nSPS) is 12.7. The van der Waals surface area contributed by atoms with Crippen molar-refractivity contribution in [3.05, 3.63) is 32.7 Å². The molecule has 0 aliphatic rings. The Balaban J connectivity index is 2.32. The van der Waals surface area contributed by atoms with Crippen molar-refractivity contribution in [3.8, 4) is 0 Å². The molecule has 0 saturated heterocycles. The van der Waals surface area contributed by atoms with Crippen LogP contribution in [0.5, 0.6) is 0 Å². The zero-order valence-electron chi connectivity index (χ0n) is 9.13. The molecule has 0 aliphatic heterocycles. The smallest absolute Gasteiger partial charge is 0.0360 e. The minimum absolute atomic E-state index is 0.672. The topological polar surface area (TPSA) is 29.1 Å². The summed E-state index contributed by atoms with van der Waals surface area (Å²) in [5.74, 6) is 1.47. The lowest BCUT2D eigenvalue weighted by Crippen LogP contribution is -2.20. The van der Waals surface area contributed by atoms with Gasteiger partial charge in [0, 0.05) is 44.3 Å². The predicted octanol–water partition coefficient (Wildman–Crippen LogP) is 3.07. The Morgan fingerprint density at radius 1 is 1.31 bits per heavy atom. The Morgan fingerprint density at radius 3 is 2.69 bits per heavy atom. The minimum Gasteiger partial charge on any atom is -0.312 e. The highest BCUT2D eigenvalue weighted by atomic mass is 79.9. The van der Waals surface area contributed by atoms with Crippen molar-refractivity contribution in [2.75, 3.05) is 18.1 Å². The molecule has 5 heteroatoms. The Hall–Kier alpha value is 0.290. The summed E-state index contributed by atoms with van der Waals surface area (Å²) in [6.45, 7) is 3.56. The molecule has 0 heterocycles. The number of hydrogen-bond acceptors (Lipinski definition) is 2. The van der Waals surface area contributed by atoms with Crippen molar-refractivity contribution in [1.82, 2.24) is 5.32 Å². The monoisotopic (exact) mass is 367 g/mol. The minimum atomic E-state index is -0.672. The molecule has 1 rings (SSSR count). The van der Waals surface area contributed by atoms with Gasteiger partial charge in [0.15, 0.2) is 0 Å². The van der Waals surface area contributed by atoms with Crippen LogP contribution in [-0.2, 0) is 17.3 Å².